The van der Waals surface area contributed by atoms with Gasteiger partial charge >= 0.3 is 0 Å². The van der Waals surface area contributed by atoms with Crippen molar-refractivity contribution in [1.82, 2.24) is 9.97 Å². The average Bonchev–Trinajstić information content (AvgIpc) is 2.48. The highest BCUT2D eigenvalue weighted by Gasteiger charge is 2.22. The van der Waals surface area contributed by atoms with E-state index < -0.39 is 0 Å². The van der Waals surface area contributed by atoms with Crippen LogP contribution in [0.25, 0.3) is 0 Å². The molecule has 0 saturated carbocycles. The normalized spacial score (nSPS) is 19.5. The maximum atomic E-state index is 5.03. The number of nitrogens with zero attached hydrogens (tertiary/aromatic N) is 3. The summed E-state index contributed by atoms with van der Waals surface area (Å²) in [6.07, 6.45) is 6.68. The van der Waals surface area contributed by atoms with Crippen molar-refractivity contribution >= 4 is 11.6 Å². The standard InChI is InChI=1S/C14H24N4O/c1-3-12-6-4-5-8-18(12)14-10-13(16-11-17-14)15-7-9-19-2/h10-12H,3-9H2,1-2H3,(H,15,16,17). The molecule has 0 radical (unpaired) electrons. The van der Waals surface area contributed by atoms with Crippen molar-refractivity contribution in [2.24, 2.45) is 0 Å². The molecule has 1 fully saturated rings. The Hall–Kier alpha value is -1.36. The van der Waals surface area contributed by atoms with Crippen LogP contribution in [0.3, 0.4) is 0 Å². The lowest BCUT2D eigenvalue weighted by Crippen LogP contribution is -2.39. The molecule has 1 atom stereocenters. The molecule has 1 aromatic rings. The first kappa shape index (κ1) is 14.1. The zero-order chi connectivity index (χ0) is 13.5. The number of hydrogen-bond acceptors (Lipinski definition) is 5. The number of methoxy groups -OCH3 is 1. The summed E-state index contributed by atoms with van der Waals surface area (Å²) in [6.45, 7) is 4.81. The molecule has 1 saturated heterocycles. The fourth-order valence-corrected chi connectivity index (χ4v) is 2.61. The van der Waals surface area contributed by atoms with Crippen molar-refractivity contribution in [3.8, 4) is 0 Å². The monoisotopic (exact) mass is 264 g/mol. The topological polar surface area (TPSA) is 50.3 Å². The Morgan fingerprint density at radius 1 is 1.42 bits per heavy atom. The van der Waals surface area contributed by atoms with Gasteiger partial charge in [0.15, 0.2) is 0 Å². The van der Waals surface area contributed by atoms with E-state index in [9.17, 15) is 0 Å². The minimum atomic E-state index is 0.621. The van der Waals surface area contributed by atoms with E-state index in [1.165, 1.54) is 25.7 Å². The highest BCUT2D eigenvalue weighted by atomic mass is 16.5. The molecule has 1 N–H and O–H groups in total. The van der Waals surface area contributed by atoms with E-state index in [2.05, 4.69) is 27.1 Å². The Bertz CT molecular complexity index is 385. The first-order valence-corrected chi connectivity index (χ1v) is 7.16. The zero-order valence-electron chi connectivity index (χ0n) is 11.9. The second kappa shape index (κ2) is 7.28. The SMILES string of the molecule is CCC1CCCCN1c1cc(NCCOC)ncn1. The maximum absolute atomic E-state index is 5.03. The summed E-state index contributed by atoms with van der Waals surface area (Å²) in [5, 5.41) is 3.26. The van der Waals surface area contributed by atoms with Crippen LogP contribution in [0.1, 0.15) is 32.6 Å². The molecule has 0 bridgehead atoms. The van der Waals surface area contributed by atoms with Gasteiger partial charge in [-0.25, -0.2) is 9.97 Å². The summed E-state index contributed by atoms with van der Waals surface area (Å²) in [5.74, 6) is 1.92. The van der Waals surface area contributed by atoms with Crippen LogP contribution in [0.5, 0.6) is 0 Å². The number of nitrogens with one attached hydrogen (secondary N) is 1. The Labute approximate surface area is 115 Å². The summed E-state index contributed by atoms with van der Waals surface area (Å²) in [5.41, 5.74) is 0. The lowest BCUT2D eigenvalue weighted by Gasteiger charge is -2.36. The second-order valence-electron chi connectivity index (χ2n) is 4.93. The summed E-state index contributed by atoms with van der Waals surface area (Å²) >= 11 is 0. The van der Waals surface area contributed by atoms with Gasteiger partial charge in [-0.2, -0.15) is 0 Å². The van der Waals surface area contributed by atoms with Crippen LogP contribution in [-0.4, -0.2) is 42.8 Å². The Balaban J connectivity index is 2.04. The molecule has 0 amide bonds. The predicted octanol–water partition coefficient (Wildman–Crippen LogP) is 2.30. The van der Waals surface area contributed by atoms with Crippen LogP contribution in [0.15, 0.2) is 12.4 Å². The highest BCUT2D eigenvalue weighted by Crippen LogP contribution is 2.25. The quantitative estimate of drug-likeness (QED) is 0.799. The summed E-state index contributed by atoms with van der Waals surface area (Å²) < 4.78 is 5.03. The fraction of sp³-hybridized carbons (Fsp3) is 0.714. The van der Waals surface area contributed by atoms with Crippen LogP contribution in [-0.2, 0) is 4.74 Å². The van der Waals surface area contributed by atoms with E-state index in [1.807, 2.05) is 6.07 Å². The number of piperidine rings is 1. The Kier molecular flexibility index (Phi) is 5.39. The number of rotatable bonds is 6. The predicted molar refractivity (Wildman–Crippen MR) is 77.7 cm³/mol. The van der Waals surface area contributed by atoms with E-state index in [1.54, 1.807) is 13.4 Å². The number of aromatic nitrogens is 2. The van der Waals surface area contributed by atoms with Crippen molar-refractivity contribution in [3.05, 3.63) is 12.4 Å². The van der Waals surface area contributed by atoms with Crippen LogP contribution in [0.4, 0.5) is 11.6 Å². The molecule has 106 valence electrons. The molecule has 1 unspecified atom stereocenters. The summed E-state index contributed by atoms with van der Waals surface area (Å²) in [6, 6.07) is 2.67. The van der Waals surface area contributed by atoms with Crippen LogP contribution in [0.2, 0.25) is 0 Å². The molecular formula is C14H24N4O. The Morgan fingerprint density at radius 3 is 3.11 bits per heavy atom. The average molecular weight is 264 g/mol. The molecular weight excluding hydrogens is 240 g/mol. The smallest absolute Gasteiger partial charge is 0.134 e. The van der Waals surface area contributed by atoms with E-state index in [0.29, 0.717) is 12.6 Å². The molecule has 1 aromatic heterocycles. The maximum Gasteiger partial charge on any atom is 0.134 e. The van der Waals surface area contributed by atoms with E-state index in [0.717, 1.165) is 24.7 Å². The van der Waals surface area contributed by atoms with Crippen molar-refractivity contribution in [2.75, 3.05) is 37.0 Å². The largest absolute Gasteiger partial charge is 0.383 e. The van der Waals surface area contributed by atoms with Gasteiger partial charge in [0.05, 0.1) is 6.61 Å². The van der Waals surface area contributed by atoms with Crippen molar-refractivity contribution in [3.63, 3.8) is 0 Å². The molecule has 1 aliphatic heterocycles. The van der Waals surface area contributed by atoms with Gasteiger partial charge < -0.3 is 15.0 Å². The van der Waals surface area contributed by atoms with Crippen molar-refractivity contribution in [1.29, 1.82) is 0 Å². The van der Waals surface area contributed by atoms with Gasteiger partial charge in [-0.05, 0) is 25.7 Å². The minimum Gasteiger partial charge on any atom is -0.383 e. The lowest BCUT2D eigenvalue weighted by atomic mass is 10.0. The molecule has 1 aliphatic rings. The second-order valence-corrected chi connectivity index (χ2v) is 4.93. The molecule has 0 aliphatic carbocycles. The third-order valence-electron chi connectivity index (χ3n) is 3.66. The van der Waals surface area contributed by atoms with Gasteiger partial charge in [0, 0.05) is 32.3 Å². The summed E-state index contributed by atoms with van der Waals surface area (Å²) in [7, 11) is 1.70. The van der Waals surface area contributed by atoms with Crippen LogP contribution in [0, 0.1) is 0 Å². The summed E-state index contributed by atoms with van der Waals surface area (Å²) in [4.78, 5) is 11.1. The third-order valence-corrected chi connectivity index (χ3v) is 3.66. The molecule has 2 rings (SSSR count). The zero-order valence-corrected chi connectivity index (χ0v) is 11.9. The first-order chi connectivity index (χ1) is 9.35. The molecule has 0 aromatic carbocycles. The van der Waals surface area contributed by atoms with Gasteiger partial charge in [-0.3, -0.25) is 0 Å². The van der Waals surface area contributed by atoms with Gasteiger partial charge in [0.25, 0.3) is 0 Å². The molecule has 19 heavy (non-hydrogen) atoms. The van der Waals surface area contributed by atoms with Gasteiger partial charge in [-0.1, -0.05) is 6.92 Å². The number of ether oxygens (including phenoxy) is 1. The first-order valence-electron chi connectivity index (χ1n) is 7.16. The fourth-order valence-electron chi connectivity index (χ4n) is 2.61. The molecule has 5 nitrogen and oxygen atoms in total. The molecule has 5 heteroatoms. The van der Waals surface area contributed by atoms with Gasteiger partial charge in [0.1, 0.15) is 18.0 Å². The van der Waals surface area contributed by atoms with Gasteiger partial charge in [0.2, 0.25) is 0 Å². The minimum absolute atomic E-state index is 0.621. The molecule has 0 spiro atoms. The van der Waals surface area contributed by atoms with Crippen molar-refractivity contribution in [2.45, 2.75) is 38.6 Å². The van der Waals surface area contributed by atoms with E-state index in [-0.39, 0.29) is 0 Å². The molecule has 2 heterocycles. The van der Waals surface area contributed by atoms with Crippen LogP contribution >= 0.6 is 0 Å². The van der Waals surface area contributed by atoms with Crippen molar-refractivity contribution < 1.29 is 4.74 Å². The lowest BCUT2D eigenvalue weighted by molar-refractivity contribution is 0.210. The highest BCUT2D eigenvalue weighted by molar-refractivity contribution is 5.49. The Morgan fingerprint density at radius 2 is 2.32 bits per heavy atom. The van der Waals surface area contributed by atoms with E-state index in [4.69, 9.17) is 4.74 Å². The van der Waals surface area contributed by atoms with E-state index >= 15 is 0 Å². The number of anilines is 2. The van der Waals surface area contributed by atoms with Crippen LogP contribution < -0.4 is 10.2 Å². The third kappa shape index (κ3) is 3.80. The van der Waals surface area contributed by atoms with Gasteiger partial charge in [-0.15, -0.1) is 0 Å². The number of hydrogen-bond donors (Lipinski definition) is 1.